The Balaban J connectivity index is 6.49. The predicted molar refractivity (Wildman–Crippen MR) is 105 cm³/mol. The van der Waals surface area contributed by atoms with Crippen molar-refractivity contribution in [2.24, 2.45) is 0 Å². The van der Waals surface area contributed by atoms with E-state index in [1.165, 1.54) is 0 Å². The molecule has 0 fully saturated rings. The summed E-state index contributed by atoms with van der Waals surface area (Å²) in [5.74, 6) is -98.5. The topological polar surface area (TPSA) is 47.9 Å². The first kappa shape index (κ1) is 47.1. The van der Waals surface area contributed by atoms with Crippen LogP contribution in [0.1, 0.15) is 6.42 Å². The molecule has 49 heavy (non-hydrogen) atoms. The molecular weight excluding hydrogens is 779 g/mol. The van der Waals surface area contributed by atoms with Gasteiger partial charge in [-0.05, 0) is 0 Å². The zero-order chi connectivity index (χ0) is 39.8. The number of hydrogen-bond donors (Lipinski definition) is 1. The van der Waals surface area contributed by atoms with Crippen LogP contribution in [0.5, 0.6) is 0 Å². The van der Waals surface area contributed by atoms with Gasteiger partial charge < -0.3 is 19.3 Å². The molecule has 0 aliphatic heterocycles. The Bertz CT molecular complexity index is 1070. The Hall–Kier alpha value is -1.91. The molecule has 296 valence electrons. The minimum absolute atomic E-state index is 0.187. The summed E-state index contributed by atoms with van der Waals surface area (Å²) < 4.78 is 349. The van der Waals surface area contributed by atoms with Crippen LogP contribution in [0.15, 0.2) is 0 Å². The van der Waals surface area contributed by atoms with Crippen LogP contribution in [-0.2, 0) is 14.2 Å². The molecule has 0 aromatic heterocycles. The van der Waals surface area contributed by atoms with E-state index >= 15 is 0 Å². The van der Waals surface area contributed by atoms with Crippen LogP contribution in [0, 0.1) is 0 Å². The smallest absolute Gasteiger partial charge is 0.394 e. The molecule has 0 spiro atoms. The normalized spacial score (nSPS) is 16.0. The van der Waals surface area contributed by atoms with Gasteiger partial charge in [0.2, 0.25) is 0 Å². The van der Waals surface area contributed by atoms with Crippen molar-refractivity contribution in [3.63, 3.8) is 0 Å². The van der Waals surface area contributed by atoms with Crippen molar-refractivity contribution in [3.05, 3.63) is 0 Å². The van der Waals surface area contributed by atoms with Crippen molar-refractivity contribution >= 4 is 0 Å². The molecule has 0 aliphatic rings. The first-order chi connectivity index (χ1) is 21.3. The first-order valence-electron chi connectivity index (χ1n) is 11.9. The summed E-state index contributed by atoms with van der Waals surface area (Å²) in [5, 5.41) is 8.40. The van der Waals surface area contributed by atoms with Gasteiger partial charge in [-0.1, -0.05) is 0 Å². The highest BCUT2D eigenvalue weighted by atomic mass is 19.4. The number of alkyl halides is 25. The van der Waals surface area contributed by atoms with Crippen LogP contribution >= 0.6 is 0 Å². The quantitative estimate of drug-likeness (QED) is 0.0947. The zero-order valence-electron chi connectivity index (χ0n) is 22.8. The summed E-state index contributed by atoms with van der Waals surface area (Å²) in [5.41, 5.74) is 0. The largest absolute Gasteiger partial charge is 0.460 e. The van der Waals surface area contributed by atoms with Gasteiger partial charge in [-0.3, -0.25) is 0 Å². The van der Waals surface area contributed by atoms with Crippen LogP contribution in [-0.4, -0.2) is 123 Å². The number of halogens is 25. The summed E-state index contributed by atoms with van der Waals surface area (Å²) >= 11 is 0. The van der Waals surface area contributed by atoms with E-state index in [2.05, 4.69) is 14.2 Å². The van der Waals surface area contributed by atoms with Crippen molar-refractivity contribution in [3.8, 4) is 0 Å². The monoisotopic (exact) mass is 796 g/mol. The van der Waals surface area contributed by atoms with Gasteiger partial charge in [0, 0.05) is 6.42 Å². The van der Waals surface area contributed by atoms with Gasteiger partial charge in [0.05, 0.1) is 46.2 Å². The van der Waals surface area contributed by atoms with E-state index in [-0.39, 0.29) is 19.8 Å². The summed E-state index contributed by atoms with van der Waals surface area (Å²) in [6.45, 7) is -4.69. The third-order valence-electron chi connectivity index (χ3n) is 5.90. The Labute approximate surface area is 254 Å². The van der Waals surface area contributed by atoms with Crippen LogP contribution in [0.2, 0.25) is 0 Å². The summed E-state index contributed by atoms with van der Waals surface area (Å²) in [6.07, 6.45) is -11.1. The van der Waals surface area contributed by atoms with Gasteiger partial charge in [0.25, 0.3) is 0 Å². The number of aliphatic hydroxyl groups excluding tert-OH is 1. The lowest BCUT2D eigenvalue weighted by Crippen LogP contribution is -2.78. The number of rotatable bonds is 21. The van der Waals surface area contributed by atoms with Crippen LogP contribution in [0.4, 0.5) is 110 Å². The van der Waals surface area contributed by atoms with Gasteiger partial charge in [-0.25, -0.2) is 0 Å². The lowest BCUT2D eigenvalue weighted by atomic mass is 9.84. The SMILES string of the molecule is OCCOCCOCCOCCC(F)(F)C(F)(F)C(F)(F)C(F)(F)C(F)(F)C(F)(F)C(F)(F)C(F)(F)C(F)(F)C(F)(F)C(F)(F)C(F)(F)F. The van der Waals surface area contributed by atoms with Crippen LogP contribution < -0.4 is 0 Å². The molecule has 0 aromatic carbocycles. The van der Waals surface area contributed by atoms with E-state index in [0.29, 0.717) is 0 Å². The molecule has 0 aromatic rings. The van der Waals surface area contributed by atoms with E-state index in [0.717, 1.165) is 0 Å². The van der Waals surface area contributed by atoms with Crippen molar-refractivity contribution in [1.29, 1.82) is 0 Å². The van der Waals surface area contributed by atoms with Gasteiger partial charge in [-0.2, -0.15) is 110 Å². The summed E-state index contributed by atoms with van der Waals surface area (Å²) in [4.78, 5) is 0. The third kappa shape index (κ3) is 7.39. The minimum Gasteiger partial charge on any atom is -0.394 e. The molecular formula is C20H17F25O4. The second-order valence-electron chi connectivity index (χ2n) is 9.26. The molecule has 0 bridgehead atoms. The molecule has 0 rings (SSSR count). The van der Waals surface area contributed by atoms with E-state index in [1.54, 1.807) is 0 Å². The zero-order valence-corrected chi connectivity index (χ0v) is 22.8. The lowest BCUT2D eigenvalue weighted by Gasteiger charge is -2.45. The summed E-state index contributed by atoms with van der Waals surface area (Å²) in [6, 6.07) is 0. The maximum absolute atomic E-state index is 13.9. The Morgan fingerprint density at radius 1 is 0.286 bits per heavy atom. The van der Waals surface area contributed by atoms with E-state index < -0.39 is 104 Å². The molecule has 0 amide bonds. The number of aliphatic hydroxyl groups is 1. The second-order valence-corrected chi connectivity index (χ2v) is 9.26. The predicted octanol–water partition coefficient (Wildman–Crippen LogP) is 7.97. The minimum atomic E-state index is -9.61. The Morgan fingerprint density at radius 2 is 0.510 bits per heavy atom. The highest BCUT2D eigenvalue weighted by Crippen LogP contribution is 2.67. The van der Waals surface area contributed by atoms with Crippen molar-refractivity contribution in [2.75, 3.05) is 46.2 Å². The number of hydrogen-bond acceptors (Lipinski definition) is 4. The number of ether oxygens (including phenoxy) is 3. The molecule has 29 heteroatoms. The van der Waals surface area contributed by atoms with Crippen molar-refractivity contribution < 1.29 is 129 Å². The Kier molecular flexibility index (Phi) is 13.7. The van der Waals surface area contributed by atoms with Gasteiger partial charge in [0.1, 0.15) is 0 Å². The van der Waals surface area contributed by atoms with Gasteiger partial charge >= 0.3 is 71.3 Å². The maximum atomic E-state index is 13.9. The molecule has 1 N–H and O–H groups in total. The lowest BCUT2D eigenvalue weighted by molar-refractivity contribution is -0.482. The third-order valence-corrected chi connectivity index (χ3v) is 5.90. The molecule has 4 nitrogen and oxygen atoms in total. The van der Waals surface area contributed by atoms with E-state index in [4.69, 9.17) is 5.11 Å². The molecule has 0 unspecified atom stereocenters. The highest BCUT2D eigenvalue weighted by Gasteiger charge is 2.99. The average molecular weight is 796 g/mol. The molecule has 0 saturated heterocycles. The van der Waals surface area contributed by atoms with Gasteiger partial charge in [-0.15, -0.1) is 0 Å². The molecule has 0 saturated carbocycles. The molecule has 0 atom stereocenters. The molecule has 0 radical (unpaired) electrons. The fourth-order valence-electron chi connectivity index (χ4n) is 2.95. The highest BCUT2D eigenvalue weighted by molar-refractivity contribution is 5.19. The summed E-state index contributed by atoms with van der Waals surface area (Å²) in [7, 11) is 0. The van der Waals surface area contributed by atoms with Crippen LogP contribution in [0.25, 0.3) is 0 Å². The molecule has 0 heterocycles. The second kappa shape index (κ2) is 14.3. The first-order valence-corrected chi connectivity index (χ1v) is 11.9. The van der Waals surface area contributed by atoms with Gasteiger partial charge in [0.15, 0.2) is 0 Å². The Morgan fingerprint density at radius 3 is 0.776 bits per heavy atom. The maximum Gasteiger partial charge on any atom is 0.460 e. The van der Waals surface area contributed by atoms with Crippen molar-refractivity contribution in [2.45, 2.75) is 77.7 Å². The fraction of sp³-hybridized carbons (Fsp3) is 1.00. The van der Waals surface area contributed by atoms with Crippen LogP contribution in [0.3, 0.4) is 0 Å². The fourth-order valence-corrected chi connectivity index (χ4v) is 2.95. The molecule has 0 aliphatic carbocycles. The average Bonchev–Trinajstić information content (AvgIpc) is 2.92. The standard InChI is InChI=1S/C20H17F25O4/c21-9(22,1-3-47-5-7-49-8-6-48-4-2-46)10(23,24)11(25,26)12(27,28)13(29,30)14(31,32)15(33,34)16(35,36)17(37,38)18(39,40)19(41,42)20(43,44)45/h46H,1-8H2. The van der Waals surface area contributed by atoms with E-state index in [9.17, 15) is 110 Å². The van der Waals surface area contributed by atoms with Crippen molar-refractivity contribution in [1.82, 2.24) is 0 Å². The van der Waals surface area contributed by atoms with E-state index in [1.807, 2.05) is 0 Å².